The van der Waals surface area contributed by atoms with Gasteiger partial charge >= 0.3 is 0 Å². The number of anilines is 1. The van der Waals surface area contributed by atoms with Crippen molar-refractivity contribution in [1.82, 2.24) is 5.16 Å². The number of nitrogens with one attached hydrogen (secondary N) is 1. The number of hydrogen-bond donors (Lipinski definition) is 1. The summed E-state index contributed by atoms with van der Waals surface area (Å²) in [6, 6.07) is 10.1. The molecular weight excluding hydrogens is 415 g/mol. The Hall–Kier alpha value is -2.67. The molecule has 0 fully saturated rings. The van der Waals surface area contributed by atoms with Gasteiger partial charge in [-0.25, -0.2) is 4.39 Å². The lowest BCUT2D eigenvalue weighted by Crippen LogP contribution is -2.16. The first kappa shape index (κ1) is 19.1. The smallest absolute Gasteiger partial charge is 0.278 e. The average molecular weight is 433 g/mol. The third-order valence-corrected chi connectivity index (χ3v) is 4.80. The summed E-state index contributed by atoms with van der Waals surface area (Å²) in [5.41, 5.74) is 2.78. The molecular formula is C20H18BrFN2O3. The summed E-state index contributed by atoms with van der Waals surface area (Å²) in [7, 11) is 0. The molecule has 140 valence electrons. The van der Waals surface area contributed by atoms with Gasteiger partial charge in [0.15, 0.2) is 5.69 Å². The van der Waals surface area contributed by atoms with Crippen LogP contribution in [0.15, 0.2) is 45.4 Å². The zero-order valence-corrected chi connectivity index (χ0v) is 16.7. The molecule has 0 aliphatic rings. The van der Waals surface area contributed by atoms with Gasteiger partial charge in [-0.3, -0.25) is 4.79 Å². The average Bonchev–Trinajstić information content (AvgIpc) is 2.99. The van der Waals surface area contributed by atoms with E-state index in [1.807, 2.05) is 32.0 Å². The first-order valence-corrected chi connectivity index (χ1v) is 9.06. The van der Waals surface area contributed by atoms with Crippen LogP contribution >= 0.6 is 15.9 Å². The zero-order chi connectivity index (χ0) is 19.6. The monoisotopic (exact) mass is 432 g/mol. The number of rotatable bonds is 5. The highest BCUT2D eigenvalue weighted by molar-refractivity contribution is 9.10. The Labute approximate surface area is 164 Å². The second-order valence-corrected chi connectivity index (χ2v) is 7.05. The maximum absolute atomic E-state index is 14.0. The molecule has 7 heteroatoms. The lowest BCUT2D eigenvalue weighted by molar-refractivity contribution is 0.101. The van der Waals surface area contributed by atoms with Gasteiger partial charge < -0.3 is 14.6 Å². The van der Waals surface area contributed by atoms with Gasteiger partial charge in [-0.1, -0.05) is 33.2 Å². The molecule has 1 amide bonds. The lowest BCUT2D eigenvalue weighted by Gasteiger charge is -2.11. The molecule has 27 heavy (non-hydrogen) atoms. The number of carbonyl (C=O) groups is 1. The van der Waals surface area contributed by atoms with Crippen molar-refractivity contribution in [2.45, 2.75) is 27.4 Å². The van der Waals surface area contributed by atoms with Crippen LogP contribution in [0, 0.1) is 26.6 Å². The predicted molar refractivity (Wildman–Crippen MR) is 104 cm³/mol. The number of halogens is 2. The van der Waals surface area contributed by atoms with E-state index < -0.39 is 11.7 Å². The summed E-state index contributed by atoms with van der Waals surface area (Å²) in [5.74, 6) is 0.0846. The van der Waals surface area contributed by atoms with E-state index in [2.05, 4.69) is 26.4 Å². The molecule has 1 N–H and O–H groups in total. The summed E-state index contributed by atoms with van der Waals surface area (Å²) < 4.78 is 25.6. The van der Waals surface area contributed by atoms with Crippen LogP contribution in [0.3, 0.4) is 0 Å². The van der Waals surface area contributed by atoms with Gasteiger partial charge in [-0.15, -0.1) is 0 Å². The molecule has 1 aromatic heterocycles. The summed E-state index contributed by atoms with van der Waals surface area (Å²) in [6.07, 6.45) is 0. The van der Waals surface area contributed by atoms with Gasteiger partial charge in [0.1, 0.15) is 23.9 Å². The van der Waals surface area contributed by atoms with Crippen LogP contribution in [0.4, 0.5) is 10.1 Å². The minimum absolute atomic E-state index is 0.0604. The highest BCUT2D eigenvalue weighted by atomic mass is 79.9. The zero-order valence-electron chi connectivity index (χ0n) is 15.1. The Balaban J connectivity index is 1.79. The van der Waals surface area contributed by atoms with Crippen molar-refractivity contribution in [3.05, 3.63) is 74.8 Å². The molecule has 0 aliphatic carbocycles. The molecule has 2 aromatic carbocycles. The SMILES string of the molecule is Cc1cccc(OCc2c(C(=O)Nc3ccc(Br)cc3F)noc2C)c1C. The standard InChI is InChI=1S/C20H18BrFN2O3/c1-11-5-4-6-18(12(11)2)26-10-15-13(3)27-24-19(15)20(25)23-17-8-7-14(21)9-16(17)22/h4-9H,10H2,1-3H3,(H,23,25). The molecule has 3 aromatic rings. The fourth-order valence-corrected chi connectivity index (χ4v) is 2.88. The second kappa shape index (κ2) is 7.92. The molecule has 5 nitrogen and oxygen atoms in total. The number of nitrogens with zero attached hydrogens (tertiary/aromatic N) is 1. The largest absolute Gasteiger partial charge is 0.488 e. The Bertz CT molecular complexity index is 1000. The number of hydrogen-bond acceptors (Lipinski definition) is 4. The molecule has 1 heterocycles. The Morgan fingerprint density at radius 1 is 1.26 bits per heavy atom. The molecule has 0 aliphatic heterocycles. The van der Waals surface area contributed by atoms with Gasteiger partial charge in [0, 0.05) is 4.47 Å². The number of aryl methyl sites for hydroxylation is 2. The van der Waals surface area contributed by atoms with Crippen molar-refractivity contribution in [3.63, 3.8) is 0 Å². The molecule has 0 saturated heterocycles. The van der Waals surface area contributed by atoms with Gasteiger partial charge in [0.25, 0.3) is 5.91 Å². The minimum Gasteiger partial charge on any atom is -0.488 e. The number of carbonyl (C=O) groups excluding carboxylic acids is 1. The van der Waals surface area contributed by atoms with Crippen LogP contribution in [0.2, 0.25) is 0 Å². The normalized spacial score (nSPS) is 10.7. The van der Waals surface area contributed by atoms with Crippen LogP contribution in [-0.4, -0.2) is 11.1 Å². The van der Waals surface area contributed by atoms with E-state index in [0.29, 0.717) is 15.8 Å². The Morgan fingerprint density at radius 2 is 2.04 bits per heavy atom. The fraction of sp³-hybridized carbons (Fsp3) is 0.200. The van der Waals surface area contributed by atoms with E-state index in [1.165, 1.54) is 12.1 Å². The maximum atomic E-state index is 14.0. The van der Waals surface area contributed by atoms with E-state index in [9.17, 15) is 9.18 Å². The number of ether oxygens (including phenoxy) is 1. The molecule has 0 atom stereocenters. The summed E-state index contributed by atoms with van der Waals surface area (Å²) in [4.78, 5) is 12.6. The topological polar surface area (TPSA) is 64.4 Å². The quantitative estimate of drug-likeness (QED) is 0.591. The Kier molecular flexibility index (Phi) is 5.60. The van der Waals surface area contributed by atoms with Crippen molar-refractivity contribution >= 4 is 27.5 Å². The number of amides is 1. The first-order valence-electron chi connectivity index (χ1n) is 8.27. The highest BCUT2D eigenvalue weighted by Crippen LogP contribution is 2.24. The molecule has 0 unspecified atom stereocenters. The summed E-state index contributed by atoms with van der Waals surface area (Å²) in [6.45, 7) is 5.78. The molecule has 0 radical (unpaired) electrons. The van der Waals surface area contributed by atoms with Crippen molar-refractivity contribution in [2.24, 2.45) is 0 Å². The molecule has 3 rings (SSSR count). The second-order valence-electron chi connectivity index (χ2n) is 6.13. The fourth-order valence-electron chi connectivity index (χ4n) is 2.54. The van der Waals surface area contributed by atoms with E-state index in [-0.39, 0.29) is 18.0 Å². The van der Waals surface area contributed by atoms with Gasteiger partial charge in [-0.2, -0.15) is 0 Å². The third-order valence-electron chi connectivity index (χ3n) is 4.31. The molecule has 0 bridgehead atoms. The summed E-state index contributed by atoms with van der Waals surface area (Å²) >= 11 is 3.18. The van der Waals surface area contributed by atoms with Crippen LogP contribution in [0.25, 0.3) is 0 Å². The van der Waals surface area contributed by atoms with Gasteiger partial charge in [0.2, 0.25) is 0 Å². The van der Waals surface area contributed by atoms with Crippen LogP contribution in [-0.2, 0) is 6.61 Å². The van der Waals surface area contributed by atoms with E-state index >= 15 is 0 Å². The van der Waals surface area contributed by atoms with Crippen LogP contribution < -0.4 is 10.1 Å². The predicted octanol–water partition coefficient (Wildman–Crippen LogP) is 5.33. The van der Waals surface area contributed by atoms with Crippen molar-refractivity contribution in [3.8, 4) is 5.75 Å². The van der Waals surface area contributed by atoms with Crippen molar-refractivity contribution < 1.29 is 18.4 Å². The minimum atomic E-state index is -0.562. The van der Waals surface area contributed by atoms with Gasteiger partial charge in [-0.05, 0) is 56.2 Å². The van der Waals surface area contributed by atoms with Crippen molar-refractivity contribution in [2.75, 3.05) is 5.32 Å². The van der Waals surface area contributed by atoms with E-state index in [1.54, 1.807) is 13.0 Å². The highest BCUT2D eigenvalue weighted by Gasteiger charge is 2.21. The molecule has 0 saturated carbocycles. The van der Waals surface area contributed by atoms with Crippen molar-refractivity contribution in [1.29, 1.82) is 0 Å². The van der Waals surface area contributed by atoms with Crippen LogP contribution in [0.1, 0.15) is 32.9 Å². The van der Waals surface area contributed by atoms with E-state index in [0.717, 1.165) is 16.9 Å². The third kappa shape index (κ3) is 4.19. The number of aromatic nitrogens is 1. The molecule has 0 spiro atoms. The lowest BCUT2D eigenvalue weighted by atomic mass is 10.1. The van der Waals surface area contributed by atoms with Gasteiger partial charge in [0.05, 0.1) is 11.3 Å². The first-order chi connectivity index (χ1) is 12.9. The maximum Gasteiger partial charge on any atom is 0.278 e. The summed E-state index contributed by atoms with van der Waals surface area (Å²) in [5, 5.41) is 6.33. The van der Waals surface area contributed by atoms with Crippen LogP contribution in [0.5, 0.6) is 5.75 Å². The number of benzene rings is 2. The Morgan fingerprint density at radius 3 is 2.78 bits per heavy atom. The van der Waals surface area contributed by atoms with E-state index in [4.69, 9.17) is 9.26 Å².